The first-order valence-electron chi connectivity index (χ1n) is 8.53. The number of anilines is 1. The minimum Gasteiger partial charge on any atom is -0.325 e. The minimum absolute atomic E-state index is 0.172. The van der Waals surface area contributed by atoms with E-state index in [0.717, 1.165) is 9.37 Å². The van der Waals surface area contributed by atoms with Crippen molar-refractivity contribution < 1.29 is 14.4 Å². The van der Waals surface area contributed by atoms with Crippen LogP contribution in [0.3, 0.4) is 0 Å². The summed E-state index contributed by atoms with van der Waals surface area (Å²) in [5.41, 5.74) is 2.01. The van der Waals surface area contributed by atoms with E-state index in [1.807, 2.05) is 24.3 Å². The van der Waals surface area contributed by atoms with Gasteiger partial charge in [0.25, 0.3) is 0 Å². The predicted molar refractivity (Wildman–Crippen MR) is 113 cm³/mol. The van der Waals surface area contributed by atoms with Gasteiger partial charge < -0.3 is 5.32 Å². The molecule has 138 valence electrons. The van der Waals surface area contributed by atoms with Gasteiger partial charge in [0, 0.05) is 37.3 Å². The zero-order valence-electron chi connectivity index (χ0n) is 14.6. The zero-order chi connectivity index (χ0) is 19.7. The van der Waals surface area contributed by atoms with E-state index in [1.165, 1.54) is 11.8 Å². The molecular weight excluding hydrogens is 438 g/mol. The van der Waals surface area contributed by atoms with Crippen LogP contribution in [0.5, 0.6) is 0 Å². The number of hydrogen-bond donors (Lipinski definition) is 1. The molecule has 0 radical (unpaired) electrons. The number of rotatable bonds is 4. The Hall–Kier alpha value is -2.70. The van der Waals surface area contributed by atoms with E-state index in [2.05, 4.69) is 21.2 Å². The number of nitrogens with one attached hydrogen (secondary N) is 1. The molecule has 1 aliphatic carbocycles. The minimum atomic E-state index is -0.203. The second kappa shape index (κ2) is 7.73. The first-order valence-corrected chi connectivity index (χ1v) is 10.3. The first-order chi connectivity index (χ1) is 13.5. The molecule has 0 atom stereocenters. The van der Waals surface area contributed by atoms with Crippen LogP contribution in [-0.2, 0) is 4.79 Å². The van der Waals surface area contributed by atoms with Gasteiger partial charge in [0.05, 0.1) is 5.75 Å². The summed E-state index contributed by atoms with van der Waals surface area (Å²) in [7, 11) is 0. The largest absolute Gasteiger partial charge is 0.325 e. The van der Waals surface area contributed by atoms with Crippen LogP contribution in [-0.4, -0.2) is 23.2 Å². The van der Waals surface area contributed by atoms with Crippen LogP contribution in [0.15, 0.2) is 76.1 Å². The molecule has 0 unspecified atom stereocenters. The molecule has 0 spiro atoms. The molecule has 1 amide bonds. The molecule has 0 fully saturated rings. The lowest BCUT2D eigenvalue weighted by atomic mass is 9.84. The number of hydrogen-bond acceptors (Lipinski definition) is 4. The second-order valence-corrected chi connectivity index (χ2v) is 8.22. The highest BCUT2D eigenvalue weighted by atomic mass is 79.9. The Morgan fingerprint density at radius 1 is 0.821 bits per heavy atom. The maximum Gasteiger partial charge on any atom is 0.234 e. The van der Waals surface area contributed by atoms with E-state index in [1.54, 1.807) is 42.5 Å². The molecule has 1 N–H and O–H groups in total. The molecule has 28 heavy (non-hydrogen) atoms. The highest BCUT2D eigenvalue weighted by Crippen LogP contribution is 2.29. The third-order valence-corrected chi connectivity index (χ3v) is 5.93. The van der Waals surface area contributed by atoms with Crippen molar-refractivity contribution in [1.29, 1.82) is 0 Å². The molecule has 0 aliphatic heterocycles. The van der Waals surface area contributed by atoms with Gasteiger partial charge in [-0.15, -0.1) is 11.8 Å². The standard InChI is InChI=1S/C22H14BrNO3S/c23-13-5-8-15(9-6-13)28-12-20(25)24-14-7-10-18-19(11-14)22(27)17-4-2-1-3-16(17)21(18)26/h1-11H,12H2,(H,24,25). The van der Waals surface area contributed by atoms with Gasteiger partial charge in [0.2, 0.25) is 5.91 Å². The van der Waals surface area contributed by atoms with Crippen LogP contribution in [0.25, 0.3) is 0 Å². The van der Waals surface area contributed by atoms with Crippen molar-refractivity contribution in [3.8, 4) is 0 Å². The summed E-state index contributed by atoms with van der Waals surface area (Å²) in [6, 6.07) is 19.3. The van der Waals surface area contributed by atoms with Crippen molar-refractivity contribution in [2.75, 3.05) is 11.1 Å². The Kier molecular flexibility index (Phi) is 5.15. The topological polar surface area (TPSA) is 63.2 Å². The molecule has 4 nitrogen and oxygen atoms in total. The van der Waals surface area contributed by atoms with E-state index < -0.39 is 0 Å². The number of carbonyl (C=O) groups excluding carboxylic acids is 3. The number of fused-ring (bicyclic) bond motifs is 2. The number of benzene rings is 3. The highest BCUT2D eigenvalue weighted by Gasteiger charge is 2.29. The number of ketones is 2. The van der Waals surface area contributed by atoms with E-state index in [4.69, 9.17) is 0 Å². The molecule has 0 heterocycles. The van der Waals surface area contributed by atoms with Gasteiger partial charge >= 0.3 is 0 Å². The van der Waals surface area contributed by atoms with Crippen molar-refractivity contribution >= 4 is 50.9 Å². The summed E-state index contributed by atoms with van der Waals surface area (Å²) in [5.74, 6) is -0.309. The van der Waals surface area contributed by atoms with Crippen LogP contribution in [0.1, 0.15) is 31.8 Å². The van der Waals surface area contributed by atoms with Crippen molar-refractivity contribution in [2.45, 2.75) is 4.90 Å². The fourth-order valence-electron chi connectivity index (χ4n) is 3.05. The lowest BCUT2D eigenvalue weighted by molar-refractivity contribution is -0.113. The maximum atomic E-state index is 12.8. The summed E-state index contributed by atoms with van der Waals surface area (Å²) >= 11 is 4.80. The van der Waals surface area contributed by atoms with Crippen molar-refractivity contribution in [2.24, 2.45) is 0 Å². The van der Waals surface area contributed by atoms with Crippen LogP contribution < -0.4 is 5.32 Å². The van der Waals surface area contributed by atoms with E-state index in [0.29, 0.717) is 27.9 Å². The summed E-state index contributed by atoms with van der Waals surface area (Å²) in [6.45, 7) is 0. The summed E-state index contributed by atoms with van der Waals surface area (Å²) in [4.78, 5) is 38.6. The molecule has 3 aromatic rings. The monoisotopic (exact) mass is 451 g/mol. The van der Waals surface area contributed by atoms with Crippen LogP contribution in [0.4, 0.5) is 5.69 Å². The first kappa shape index (κ1) is 18.7. The lowest BCUT2D eigenvalue weighted by Crippen LogP contribution is -2.21. The summed E-state index contributed by atoms with van der Waals surface area (Å²) < 4.78 is 0.983. The van der Waals surface area contributed by atoms with E-state index in [9.17, 15) is 14.4 Å². The Morgan fingerprint density at radius 3 is 2.11 bits per heavy atom. The Morgan fingerprint density at radius 2 is 1.43 bits per heavy atom. The van der Waals surface area contributed by atoms with Gasteiger partial charge in [0.1, 0.15) is 0 Å². The van der Waals surface area contributed by atoms with Crippen LogP contribution in [0.2, 0.25) is 0 Å². The van der Waals surface area contributed by atoms with Crippen molar-refractivity contribution in [3.05, 3.63) is 93.5 Å². The van der Waals surface area contributed by atoms with Crippen LogP contribution >= 0.6 is 27.7 Å². The average molecular weight is 452 g/mol. The lowest BCUT2D eigenvalue weighted by Gasteiger charge is -2.18. The van der Waals surface area contributed by atoms with Gasteiger partial charge in [-0.25, -0.2) is 0 Å². The Bertz CT molecular complexity index is 1110. The normalized spacial score (nSPS) is 12.3. The summed E-state index contributed by atoms with van der Waals surface area (Å²) in [5, 5.41) is 2.80. The quantitative estimate of drug-likeness (QED) is 0.445. The smallest absolute Gasteiger partial charge is 0.234 e. The molecule has 3 aromatic carbocycles. The number of amides is 1. The fraction of sp³-hybridized carbons (Fsp3) is 0.0455. The third-order valence-electron chi connectivity index (χ3n) is 4.39. The Labute approximate surface area is 174 Å². The van der Waals surface area contributed by atoms with Crippen molar-refractivity contribution in [1.82, 2.24) is 0 Å². The fourth-order valence-corrected chi connectivity index (χ4v) is 4.02. The number of halogens is 1. The number of carbonyl (C=O) groups is 3. The average Bonchev–Trinajstić information content (AvgIpc) is 2.71. The van der Waals surface area contributed by atoms with E-state index in [-0.39, 0.29) is 23.2 Å². The molecule has 4 rings (SSSR count). The third kappa shape index (κ3) is 3.66. The zero-order valence-corrected chi connectivity index (χ0v) is 17.0. The highest BCUT2D eigenvalue weighted by molar-refractivity contribution is 9.10. The van der Waals surface area contributed by atoms with E-state index >= 15 is 0 Å². The molecule has 0 saturated heterocycles. The Balaban J connectivity index is 1.50. The van der Waals surface area contributed by atoms with Gasteiger partial charge in [-0.05, 0) is 42.5 Å². The SMILES string of the molecule is O=C(CSc1ccc(Br)cc1)Nc1ccc2c(c1)C(=O)c1ccccc1C2=O. The summed E-state index contributed by atoms with van der Waals surface area (Å²) in [6.07, 6.45) is 0. The maximum absolute atomic E-state index is 12.8. The molecular formula is C22H14BrNO3S. The molecule has 0 aromatic heterocycles. The van der Waals surface area contributed by atoms with Gasteiger partial charge in [-0.3, -0.25) is 14.4 Å². The van der Waals surface area contributed by atoms with Gasteiger partial charge in [0.15, 0.2) is 11.6 Å². The van der Waals surface area contributed by atoms with Gasteiger partial charge in [-0.2, -0.15) is 0 Å². The molecule has 6 heteroatoms. The van der Waals surface area contributed by atoms with Gasteiger partial charge in [-0.1, -0.05) is 40.2 Å². The molecule has 1 aliphatic rings. The number of thioether (sulfide) groups is 1. The molecule has 0 saturated carbocycles. The van der Waals surface area contributed by atoms with Crippen molar-refractivity contribution in [3.63, 3.8) is 0 Å². The predicted octanol–water partition coefficient (Wildman–Crippen LogP) is 4.96. The molecule has 0 bridgehead atoms. The van der Waals surface area contributed by atoms with Crippen LogP contribution in [0, 0.1) is 0 Å². The second-order valence-electron chi connectivity index (χ2n) is 6.25.